The highest BCUT2D eigenvalue weighted by Crippen LogP contribution is 2.24. The van der Waals surface area contributed by atoms with Gasteiger partial charge in [0.1, 0.15) is 0 Å². The van der Waals surface area contributed by atoms with E-state index in [1.165, 1.54) is 17.8 Å². The highest BCUT2D eigenvalue weighted by atomic mass is 32.2. The molecule has 4 heteroatoms. The maximum absolute atomic E-state index is 10.4. The Balaban J connectivity index is 2.71. The Bertz CT molecular complexity index is 278. The zero-order valence-electron chi connectivity index (χ0n) is 6.90. The van der Waals surface area contributed by atoms with E-state index in [2.05, 4.69) is 0 Å². The molecular weight excluding hydrogens is 176 g/mol. The van der Waals surface area contributed by atoms with Gasteiger partial charge in [-0.15, -0.1) is 0 Å². The zero-order chi connectivity index (χ0) is 9.14. The maximum Gasteiger partial charge on any atom is 0.371 e. The minimum Gasteiger partial charge on any atom is -0.475 e. The number of hydrogen-bond acceptors (Lipinski definition) is 3. The van der Waals surface area contributed by atoms with Crippen LogP contribution in [0.2, 0.25) is 0 Å². The van der Waals surface area contributed by atoms with Crippen LogP contribution in [0.4, 0.5) is 0 Å². The number of furan rings is 1. The summed E-state index contributed by atoms with van der Waals surface area (Å²) < 4.78 is 5.02. The van der Waals surface area contributed by atoms with Crippen molar-refractivity contribution in [1.29, 1.82) is 0 Å². The summed E-state index contributed by atoms with van der Waals surface area (Å²) in [6, 6.07) is 3.14. The lowest BCUT2D eigenvalue weighted by atomic mass is 10.5. The molecule has 1 aromatic rings. The second-order valence-electron chi connectivity index (χ2n) is 2.59. The van der Waals surface area contributed by atoms with E-state index in [1.54, 1.807) is 6.07 Å². The molecule has 12 heavy (non-hydrogen) atoms. The first-order chi connectivity index (χ1) is 5.59. The summed E-state index contributed by atoms with van der Waals surface area (Å²) in [5.74, 6) is -1.02. The van der Waals surface area contributed by atoms with E-state index in [-0.39, 0.29) is 5.76 Å². The van der Waals surface area contributed by atoms with Gasteiger partial charge in [0.2, 0.25) is 5.76 Å². The predicted molar refractivity (Wildman–Crippen MR) is 46.7 cm³/mol. The van der Waals surface area contributed by atoms with Crippen LogP contribution in [0.25, 0.3) is 0 Å². The fourth-order valence-electron chi connectivity index (χ4n) is 0.731. The van der Waals surface area contributed by atoms with Gasteiger partial charge in [0.15, 0.2) is 5.09 Å². The molecule has 0 fully saturated rings. The van der Waals surface area contributed by atoms with Crippen molar-refractivity contribution in [2.45, 2.75) is 24.2 Å². The molecule has 0 aliphatic carbocycles. The normalized spacial score (nSPS) is 10.6. The van der Waals surface area contributed by atoms with Crippen molar-refractivity contribution in [3.05, 3.63) is 17.9 Å². The van der Waals surface area contributed by atoms with Crippen LogP contribution in [-0.2, 0) is 0 Å². The highest BCUT2D eigenvalue weighted by Gasteiger charge is 2.09. The van der Waals surface area contributed by atoms with Gasteiger partial charge in [0.25, 0.3) is 0 Å². The Hall–Kier alpha value is -0.900. The highest BCUT2D eigenvalue weighted by molar-refractivity contribution is 7.99. The van der Waals surface area contributed by atoms with Crippen molar-refractivity contribution in [3.63, 3.8) is 0 Å². The lowest BCUT2D eigenvalue weighted by Gasteiger charge is -1.98. The largest absolute Gasteiger partial charge is 0.475 e. The molecule has 0 spiro atoms. The van der Waals surface area contributed by atoms with Crippen LogP contribution < -0.4 is 0 Å². The fraction of sp³-hybridized carbons (Fsp3) is 0.375. The molecule has 1 rings (SSSR count). The van der Waals surface area contributed by atoms with E-state index in [4.69, 9.17) is 9.52 Å². The second kappa shape index (κ2) is 3.67. The summed E-state index contributed by atoms with van der Waals surface area (Å²) in [6.07, 6.45) is 0. The number of carboxylic acid groups (broad SMARTS) is 1. The van der Waals surface area contributed by atoms with E-state index >= 15 is 0 Å². The molecule has 3 nitrogen and oxygen atoms in total. The van der Waals surface area contributed by atoms with E-state index in [1.807, 2.05) is 13.8 Å². The van der Waals surface area contributed by atoms with Crippen LogP contribution in [0.5, 0.6) is 0 Å². The van der Waals surface area contributed by atoms with Gasteiger partial charge >= 0.3 is 5.97 Å². The number of carbonyl (C=O) groups is 1. The topological polar surface area (TPSA) is 50.4 Å². The Morgan fingerprint density at radius 3 is 2.67 bits per heavy atom. The van der Waals surface area contributed by atoms with Gasteiger partial charge in [-0.25, -0.2) is 4.79 Å². The zero-order valence-corrected chi connectivity index (χ0v) is 7.72. The van der Waals surface area contributed by atoms with Crippen molar-refractivity contribution in [2.75, 3.05) is 0 Å². The molecule has 0 saturated carbocycles. The second-order valence-corrected chi connectivity index (χ2v) is 4.17. The van der Waals surface area contributed by atoms with E-state index in [0.29, 0.717) is 10.3 Å². The van der Waals surface area contributed by atoms with Crippen LogP contribution in [0.15, 0.2) is 21.6 Å². The summed E-state index contributed by atoms with van der Waals surface area (Å²) in [7, 11) is 0. The molecule has 66 valence electrons. The molecule has 0 bridgehead atoms. The van der Waals surface area contributed by atoms with Crippen LogP contribution in [0.3, 0.4) is 0 Å². The van der Waals surface area contributed by atoms with Crippen LogP contribution >= 0.6 is 11.8 Å². The van der Waals surface area contributed by atoms with Crippen molar-refractivity contribution in [1.82, 2.24) is 0 Å². The first-order valence-corrected chi connectivity index (χ1v) is 4.47. The molecule has 1 heterocycles. The van der Waals surface area contributed by atoms with Crippen molar-refractivity contribution >= 4 is 17.7 Å². The van der Waals surface area contributed by atoms with Gasteiger partial charge < -0.3 is 9.52 Å². The Kier molecular flexibility index (Phi) is 2.81. The summed E-state index contributed by atoms with van der Waals surface area (Å²) >= 11 is 1.51. The SMILES string of the molecule is CC(C)Sc1ccc(C(=O)O)o1. The molecule has 0 aromatic carbocycles. The van der Waals surface area contributed by atoms with Gasteiger partial charge in [-0.05, 0) is 12.1 Å². The standard InChI is InChI=1S/C8H10O3S/c1-5(2)12-7-4-3-6(11-7)8(9)10/h3-5H,1-2H3,(H,9,10). The van der Waals surface area contributed by atoms with E-state index in [0.717, 1.165) is 0 Å². The van der Waals surface area contributed by atoms with Gasteiger partial charge in [0, 0.05) is 5.25 Å². The number of rotatable bonds is 3. The molecule has 0 aliphatic rings. The third kappa shape index (κ3) is 2.30. The third-order valence-corrected chi connectivity index (χ3v) is 2.07. The Labute approximate surface area is 74.8 Å². The molecule has 0 radical (unpaired) electrons. The van der Waals surface area contributed by atoms with Crippen molar-refractivity contribution in [2.24, 2.45) is 0 Å². The number of thioether (sulfide) groups is 1. The predicted octanol–water partition coefficient (Wildman–Crippen LogP) is 2.48. The van der Waals surface area contributed by atoms with Crippen LogP contribution in [-0.4, -0.2) is 16.3 Å². The smallest absolute Gasteiger partial charge is 0.371 e. The quantitative estimate of drug-likeness (QED) is 0.737. The van der Waals surface area contributed by atoms with Gasteiger partial charge in [0.05, 0.1) is 0 Å². The minimum absolute atomic E-state index is 0.00171. The van der Waals surface area contributed by atoms with Gasteiger partial charge in [-0.2, -0.15) is 0 Å². The third-order valence-electron chi connectivity index (χ3n) is 1.14. The molecule has 0 aliphatic heterocycles. The molecular formula is C8H10O3S. The lowest BCUT2D eigenvalue weighted by Crippen LogP contribution is -1.91. The number of aromatic carboxylic acids is 1. The summed E-state index contributed by atoms with van der Waals surface area (Å²) in [6.45, 7) is 4.04. The van der Waals surface area contributed by atoms with Crippen LogP contribution in [0.1, 0.15) is 24.4 Å². The molecule has 1 N–H and O–H groups in total. The molecule has 0 saturated heterocycles. The van der Waals surface area contributed by atoms with Crippen molar-refractivity contribution in [3.8, 4) is 0 Å². The Morgan fingerprint density at radius 1 is 1.58 bits per heavy atom. The molecule has 0 amide bonds. The first kappa shape index (κ1) is 9.19. The van der Waals surface area contributed by atoms with E-state index in [9.17, 15) is 4.79 Å². The maximum atomic E-state index is 10.4. The fourth-order valence-corrected chi connectivity index (χ4v) is 1.48. The molecule has 0 atom stereocenters. The summed E-state index contributed by atoms with van der Waals surface area (Å²) in [4.78, 5) is 10.4. The average Bonchev–Trinajstić information content (AvgIpc) is 2.34. The summed E-state index contributed by atoms with van der Waals surface area (Å²) in [5, 5.41) is 9.59. The Morgan fingerprint density at radius 2 is 2.25 bits per heavy atom. The first-order valence-electron chi connectivity index (χ1n) is 3.59. The monoisotopic (exact) mass is 186 g/mol. The number of hydrogen-bond donors (Lipinski definition) is 1. The van der Waals surface area contributed by atoms with Gasteiger partial charge in [-0.3, -0.25) is 0 Å². The minimum atomic E-state index is -1.02. The van der Waals surface area contributed by atoms with Crippen LogP contribution in [0, 0.1) is 0 Å². The van der Waals surface area contributed by atoms with E-state index < -0.39 is 5.97 Å². The molecule has 0 unspecified atom stereocenters. The van der Waals surface area contributed by atoms with Crippen molar-refractivity contribution < 1.29 is 14.3 Å². The lowest BCUT2D eigenvalue weighted by molar-refractivity contribution is 0.0656. The molecule has 1 aromatic heterocycles. The number of carboxylic acids is 1. The van der Waals surface area contributed by atoms with Gasteiger partial charge in [-0.1, -0.05) is 25.6 Å². The average molecular weight is 186 g/mol. The summed E-state index contributed by atoms with van der Waals surface area (Å²) in [5.41, 5.74) is 0.